The molecule has 0 spiro atoms. The molecule has 23 heavy (non-hydrogen) atoms. The highest BCUT2D eigenvalue weighted by atomic mass is 32.1. The van der Waals surface area contributed by atoms with E-state index in [0.717, 1.165) is 35.5 Å². The van der Waals surface area contributed by atoms with Gasteiger partial charge in [-0.2, -0.15) is 11.3 Å². The normalized spacial score (nSPS) is 17.8. The maximum Gasteiger partial charge on any atom is 0.259 e. The Kier molecular flexibility index (Phi) is 3.70. The number of likely N-dealkylation sites (tertiary alicyclic amines) is 1. The summed E-state index contributed by atoms with van der Waals surface area (Å²) < 4.78 is 5.85. The lowest BCUT2D eigenvalue weighted by Crippen LogP contribution is -2.30. The van der Waals surface area contributed by atoms with Gasteiger partial charge in [0, 0.05) is 11.9 Å². The summed E-state index contributed by atoms with van der Waals surface area (Å²) >= 11 is 3.00. The lowest BCUT2D eigenvalue weighted by Gasteiger charge is -2.21. The van der Waals surface area contributed by atoms with Crippen molar-refractivity contribution >= 4 is 28.6 Å². The van der Waals surface area contributed by atoms with Gasteiger partial charge in [-0.1, -0.05) is 0 Å². The lowest BCUT2D eigenvalue weighted by atomic mass is 10.2. The van der Waals surface area contributed by atoms with Crippen LogP contribution in [0.2, 0.25) is 0 Å². The first-order valence-electron chi connectivity index (χ1n) is 7.31. The SMILES string of the molecule is Cc1ncsc1-c1nnc([C@@H]2CCCN2C(=O)c2ccsc2)o1. The van der Waals surface area contributed by atoms with Gasteiger partial charge in [-0.3, -0.25) is 4.79 Å². The number of thiophene rings is 1. The summed E-state index contributed by atoms with van der Waals surface area (Å²) in [5.41, 5.74) is 3.36. The number of amides is 1. The van der Waals surface area contributed by atoms with Crippen molar-refractivity contribution < 1.29 is 9.21 Å². The Labute approximate surface area is 140 Å². The average Bonchev–Trinajstić information content (AvgIpc) is 3.32. The molecule has 3 aromatic rings. The van der Waals surface area contributed by atoms with Gasteiger partial charge in [0.2, 0.25) is 5.89 Å². The van der Waals surface area contributed by atoms with Crippen molar-refractivity contribution in [2.75, 3.05) is 6.54 Å². The first-order valence-corrected chi connectivity index (χ1v) is 9.13. The zero-order chi connectivity index (χ0) is 15.8. The summed E-state index contributed by atoms with van der Waals surface area (Å²) in [7, 11) is 0. The molecule has 0 saturated carbocycles. The van der Waals surface area contributed by atoms with Crippen molar-refractivity contribution in [3.05, 3.63) is 39.5 Å². The molecular weight excluding hydrogens is 332 g/mol. The number of hydrogen-bond acceptors (Lipinski definition) is 7. The predicted octanol–water partition coefficient (Wildman–Crippen LogP) is 3.54. The summed E-state index contributed by atoms with van der Waals surface area (Å²) in [5, 5.41) is 12.1. The fourth-order valence-corrected chi connectivity index (χ4v) is 4.14. The van der Waals surface area contributed by atoms with Gasteiger partial charge < -0.3 is 9.32 Å². The van der Waals surface area contributed by atoms with Gasteiger partial charge in [0.1, 0.15) is 10.9 Å². The Hall–Kier alpha value is -2.06. The smallest absolute Gasteiger partial charge is 0.259 e. The maximum absolute atomic E-state index is 12.6. The van der Waals surface area contributed by atoms with Gasteiger partial charge in [0.05, 0.1) is 16.8 Å². The highest BCUT2D eigenvalue weighted by Crippen LogP contribution is 2.35. The second-order valence-corrected chi connectivity index (χ2v) is 7.02. The molecule has 0 aromatic carbocycles. The van der Waals surface area contributed by atoms with Crippen LogP contribution in [0.3, 0.4) is 0 Å². The second-order valence-electron chi connectivity index (χ2n) is 5.38. The summed E-state index contributed by atoms with van der Waals surface area (Å²) in [6.07, 6.45) is 1.79. The summed E-state index contributed by atoms with van der Waals surface area (Å²) in [4.78, 5) is 19.5. The first kappa shape index (κ1) is 14.5. The van der Waals surface area contributed by atoms with Crippen LogP contribution in [-0.2, 0) is 0 Å². The van der Waals surface area contributed by atoms with Crippen LogP contribution in [0.1, 0.15) is 40.8 Å². The molecule has 6 nitrogen and oxygen atoms in total. The molecule has 1 amide bonds. The third-order valence-electron chi connectivity index (χ3n) is 3.95. The van der Waals surface area contributed by atoms with E-state index in [2.05, 4.69) is 15.2 Å². The molecule has 118 valence electrons. The van der Waals surface area contributed by atoms with Crippen LogP contribution >= 0.6 is 22.7 Å². The molecule has 4 rings (SSSR count). The zero-order valence-corrected chi connectivity index (χ0v) is 14.1. The van der Waals surface area contributed by atoms with Gasteiger partial charge in [0.25, 0.3) is 11.8 Å². The van der Waals surface area contributed by atoms with E-state index in [4.69, 9.17) is 4.42 Å². The molecule has 0 unspecified atom stereocenters. The molecule has 1 fully saturated rings. The van der Waals surface area contributed by atoms with Crippen LogP contribution < -0.4 is 0 Å². The number of carbonyl (C=O) groups is 1. The van der Waals surface area contributed by atoms with Crippen LogP contribution in [0.4, 0.5) is 0 Å². The van der Waals surface area contributed by atoms with Crippen LogP contribution in [-0.4, -0.2) is 32.5 Å². The second kappa shape index (κ2) is 5.86. The van der Waals surface area contributed by atoms with Gasteiger partial charge in [-0.25, -0.2) is 4.98 Å². The Morgan fingerprint density at radius 3 is 3.09 bits per heavy atom. The minimum atomic E-state index is -0.142. The maximum atomic E-state index is 12.6. The molecule has 0 aliphatic carbocycles. The number of nitrogens with zero attached hydrogens (tertiary/aromatic N) is 4. The van der Waals surface area contributed by atoms with E-state index in [1.165, 1.54) is 22.7 Å². The third-order valence-corrected chi connectivity index (χ3v) is 5.55. The van der Waals surface area contributed by atoms with E-state index in [1.54, 1.807) is 5.51 Å². The minimum absolute atomic E-state index is 0.0301. The molecular formula is C15H14N4O2S2. The van der Waals surface area contributed by atoms with Crippen LogP contribution in [0, 0.1) is 6.92 Å². The summed E-state index contributed by atoms with van der Waals surface area (Å²) in [6, 6.07) is 1.71. The topological polar surface area (TPSA) is 72.1 Å². The fourth-order valence-electron chi connectivity index (χ4n) is 2.79. The number of aromatic nitrogens is 3. The molecule has 0 radical (unpaired) electrons. The van der Waals surface area contributed by atoms with Crippen molar-refractivity contribution in [3.63, 3.8) is 0 Å². The van der Waals surface area contributed by atoms with E-state index in [-0.39, 0.29) is 11.9 Å². The standard InChI is InChI=1S/C15H14N4O2S2/c1-9-12(23-8-16-9)14-18-17-13(21-14)11-3-2-5-19(11)15(20)10-4-6-22-7-10/h4,6-8,11H,2-3,5H2,1H3/t11-/m0/s1. The van der Waals surface area contributed by atoms with E-state index in [9.17, 15) is 4.79 Å². The number of carbonyl (C=O) groups excluding carboxylic acids is 1. The Morgan fingerprint density at radius 1 is 1.43 bits per heavy atom. The van der Waals surface area contributed by atoms with E-state index < -0.39 is 0 Å². The zero-order valence-electron chi connectivity index (χ0n) is 12.4. The van der Waals surface area contributed by atoms with E-state index in [1.807, 2.05) is 28.7 Å². The monoisotopic (exact) mass is 346 g/mol. The third kappa shape index (κ3) is 2.57. The fraction of sp³-hybridized carbons (Fsp3) is 0.333. The average molecular weight is 346 g/mol. The van der Waals surface area contributed by atoms with Crippen molar-refractivity contribution in [2.24, 2.45) is 0 Å². The predicted molar refractivity (Wildman–Crippen MR) is 87.5 cm³/mol. The minimum Gasteiger partial charge on any atom is -0.418 e. The highest BCUT2D eigenvalue weighted by molar-refractivity contribution is 7.13. The summed E-state index contributed by atoms with van der Waals surface area (Å²) in [6.45, 7) is 2.63. The molecule has 1 atom stereocenters. The number of rotatable bonds is 3. The van der Waals surface area contributed by atoms with E-state index in [0.29, 0.717) is 11.8 Å². The largest absolute Gasteiger partial charge is 0.418 e. The quantitative estimate of drug-likeness (QED) is 0.725. The number of hydrogen-bond donors (Lipinski definition) is 0. The Morgan fingerprint density at radius 2 is 2.35 bits per heavy atom. The number of thiazole rings is 1. The Balaban J connectivity index is 1.61. The lowest BCUT2D eigenvalue weighted by molar-refractivity contribution is 0.0716. The van der Waals surface area contributed by atoms with Crippen LogP contribution in [0.25, 0.3) is 10.8 Å². The molecule has 3 aromatic heterocycles. The molecule has 0 N–H and O–H groups in total. The van der Waals surface area contributed by atoms with E-state index >= 15 is 0 Å². The molecule has 0 bridgehead atoms. The van der Waals surface area contributed by atoms with Crippen LogP contribution in [0.15, 0.2) is 26.8 Å². The molecule has 4 heterocycles. The number of aryl methyl sites for hydroxylation is 1. The van der Waals surface area contributed by atoms with Gasteiger partial charge in [0.15, 0.2) is 0 Å². The molecule has 1 aliphatic rings. The van der Waals surface area contributed by atoms with Gasteiger partial charge >= 0.3 is 0 Å². The van der Waals surface area contributed by atoms with Crippen molar-refractivity contribution in [1.82, 2.24) is 20.1 Å². The van der Waals surface area contributed by atoms with Gasteiger partial charge in [-0.05, 0) is 31.2 Å². The highest BCUT2D eigenvalue weighted by Gasteiger charge is 2.34. The van der Waals surface area contributed by atoms with Crippen LogP contribution in [0.5, 0.6) is 0 Å². The first-order chi connectivity index (χ1) is 11.2. The molecule has 8 heteroatoms. The van der Waals surface area contributed by atoms with Crippen molar-refractivity contribution in [2.45, 2.75) is 25.8 Å². The molecule has 1 aliphatic heterocycles. The molecule has 1 saturated heterocycles. The van der Waals surface area contributed by atoms with Crippen molar-refractivity contribution in [1.29, 1.82) is 0 Å². The summed E-state index contributed by atoms with van der Waals surface area (Å²) in [5.74, 6) is 1.02. The van der Waals surface area contributed by atoms with Crippen molar-refractivity contribution in [3.8, 4) is 10.8 Å². The van der Waals surface area contributed by atoms with Gasteiger partial charge in [-0.15, -0.1) is 21.5 Å². The Bertz CT molecular complexity index is 824.